The highest BCUT2D eigenvalue weighted by molar-refractivity contribution is 6.04. The lowest BCUT2D eigenvalue weighted by atomic mass is 9.78. The quantitative estimate of drug-likeness (QED) is 0.397. The predicted octanol–water partition coefficient (Wildman–Crippen LogP) is 6.23. The average molecular weight is 454 g/mol. The fourth-order valence-corrected chi connectivity index (χ4v) is 5.22. The molecular formula is C30H31NO3. The summed E-state index contributed by atoms with van der Waals surface area (Å²) in [6.45, 7) is 4.25. The van der Waals surface area contributed by atoms with Gasteiger partial charge in [0, 0.05) is 18.7 Å². The first-order chi connectivity index (χ1) is 16.7. The molecule has 3 aromatic rings. The van der Waals surface area contributed by atoms with Crippen molar-refractivity contribution in [2.75, 3.05) is 20.2 Å². The fraction of sp³-hybridized carbons (Fsp3) is 0.300. The number of fused-ring (bicyclic) bond motifs is 1. The number of rotatable bonds is 7. The van der Waals surface area contributed by atoms with E-state index < -0.39 is 0 Å². The van der Waals surface area contributed by atoms with E-state index in [1.807, 2.05) is 24.3 Å². The van der Waals surface area contributed by atoms with E-state index in [2.05, 4.69) is 54.3 Å². The zero-order valence-corrected chi connectivity index (χ0v) is 19.9. The Morgan fingerprint density at radius 2 is 1.62 bits per heavy atom. The number of ether oxygens (including phenoxy) is 2. The van der Waals surface area contributed by atoms with Gasteiger partial charge in [0.05, 0.1) is 7.11 Å². The number of aryl methyl sites for hydroxylation is 1. The van der Waals surface area contributed by atoms with Crippen molar-refractivity contribution in [1.29, 1.82) is 0 Å². The zero-order chi connectivity index (χ0) is 23.5. The lowest BCUT2D eigenvalue weighted by Crippen LogP contribution is -2.34. The van der Waals surface area contributed by atoms with Gasteiger partial charge in [-0.3, -0.25) is 9.69 Å². The smallest absolute Gasteiger partial charge is 0.150 e. The van der Waals surface area contributed by atoms with Gasteiger partial charge in [0.2, 0.25) is 0 Å². The SMILES string of the molecule is COc1ccc(C2=C(c3cc(OC(C)N4CCCC4)ccc3C=O)c3ccccc3CC2)cc1. The Hall–Kier alpha value is -3.37. The van der Waals surface area contributed by atoms with E-state index in [1.165, 1.54) is 29.5 Å². The van der Waals surface area contributed by atoms with Gasteiger partial charge in [0.25, 0.3) is 0 Å². The Balaban J connectivity index is 1.63. The van der Waals surface area contributed by atoms with E-state index in [0.717, 1.165) is 60.4 Å². The second-order valence-corrected chi connectivity index (χ2v) is 9.07. The molecule has 5 rings (SSSR count). The third-order valence-electron chi connectivity index (χ3n) is 7.05. The lowest BCUT2D eigenvalue weighted by Gasteiger charge is -2.27. The number of carbonyl (C=O) groups excluding carboxylic acids is 1. The van der Waals surface area contributed by atoms with Gasteiger partial charge in [0.1, 0.15) is 17.7 Å². The molecule has 0 radical (unpaired) electrons. The average Bonchev–Trinajstić information content (AvgIpc) is 3.43. The Kier molecular flexibility index (Phi) is 6.50. The van der Waals surface area contributed by atoms with E-state index in [4.69, 9.17) is 9.47 Å². The molecule has 0 saturated carbocycles. The van der Waals surface area contributed by atoms with Crippen molar-refractivity contribution < 1.29 is 14.3 Å². The first-order valence-corrected chi connectivity index (χ1v) is 12.1. The summed E-state index contributed by atoms with van der Waals surface area (Å²) in [5, 5.41) is 0. The molecule has 0 amide bonds. The van der Waals surface area contributed by atoms with Crippen molar-refractivity contribution in [1.82, 2.24) is 4.90 Å². The molecule has 34 heavy (non-hydrogen) atoms. The Labute approximate surface area is 201 Å². The van der Waals surface area contributed by atoms with E-state index in [0.29, 0.717) is 5.56 Å². The predicted molar refractivity (Wildman–Crippen MR) is 136 cm³/mol. The minimum Gasteiger partial charge on any atom is -0.497 e. The summed E-state index contributed by atoms with van der Waals surface area (Å²) in [4.78, 5) is 14.5. The molecule has 174 valence electrons. The maximum absolute atomic E-state index is 12.2. The number of benzene rings is 3. The third-order valence-corrected chi connectivity index (χ3v) is 7.05. The van der Waals surface area contributed by atoms with Gasteiger partial charge >= 0.3 is 0 Å². The standard InChI is InChI=1S/C30H31NO3/c1-21(31-17-5-6-18-31)34-26-15-11-24(20-32)29(19-26)30-27-8-4-3-7-22(27)12-16-28(30)23-9-13-25(33-2)14-10-23/h3-4,7-11,13-15,19-21H,5-6,12,16-18H2,1-2H3. The van der Waals surface area contributed by atoms with E-state index in [-0.39, 0.29) is 6.23 Å². The minimum absolute atomic E-state index is 0.00566. The number of hydrogen-bond acceptors (Lipinski definition) is 4. The maximum atomic E-state index is 12.2. The number of hydrogen-bond donors (Lipinski definition) is 0. The highest BCUT2D eigenvalue weighted by Gasteiger charge is 2.24. The molecule has 1 saturated heterocycles. The molecule has 1 atom stereocenters. The summed E-state index contributed by atoms with van der Waals surface area (Å²) in [5.74, 6) is 1.63. The fourth-order valence-electron chi connectivity index (χ4n) is 5.22. The number of carbonyl (C=O) groups is 1. The highest BCUT2D eigenvalue weighted by atomic mass is 16.5. The second kappa shape index (κ2) is 9.86. The van der Waals surface area contributed by atoms with Gasteiger partial charge in [-0.15, -0.1) is 0 Å². The Morgan fingerprint density at radius 3 is 2.35 bits per heavy atom. The Morgan fingerprint density at radius 1 is 0.882 bits per heavy atom. The van der Waals surface area contributed by atoms with Gasteiger partial charge in [-0.2, -0.15) is 0 Å². The lowest BCUT2D eigenvalue weighted by molar-refractivity contribution is 0.0592. The summed E-state index contributed by atoms with van der Waals surface area (Å²) in [6.07, 6.45) is 5.28. The van der Waals surface area contributed by atoms with Crippen LogP contribution < -0.4 is 9.47 Å². The molecule has 3 aromatic carbocycles. The number of likely N-dealkylation sites (tertiary alicyclic amines) is 1. The summed E-state index contributed by atoms with van der Waals surface area (Å²) in [7, 11) is 1.68. The number of nitrogens with zero attached hydrogens (tertiary/aromatic N) is 1. The minimum atomic E-state index is 0.00566. The van der Waals surface area contributed by atoms with Crippen LogP contribution >= 0.6 is 0 Å². The normalized spacial score (nSPS) is 16.8. The molecule has 1 aliphatic carbocycles. The van der Waals surface area contributed by atoms with Crippen molar-refractivity contribution >= 4 is 17.4 Å². The largest absolute Gasteiger partial charge is 0.497 e. The summed E-state index contributed by atoms with van der Waals surface area (Å²) < 4.78 is 11.7. The van der Waals surface area contributed by atoms with Crippen LogP contribution in [0.3, 0.4) is 0 Å². The molecule has 0 N–H and O–H groups in total. The van der Waals surface area contributed by atoms with Crippen molar-refractivity contribution in [2.24, 2.45) is 0 Å². The summed E-state index contributed by atoms with van der Waals surface area (Å²) in [5.41, 5.74) is 7.62. The number of aldehydes is 1. The van der Waals surface area contributed by atoms with Gasteiger partial charge in [-0.05, 0) is 96.3 Å². The van der Waals surface area contributed by atoms with Crippen molar-refractivity contribution in [3.05, 3.63) is 94.5 Å². The molecular weight excluding hydrogens is 422 g/mol. The van der Waals surface area contributed by atoms with E-state index in [1.54, 1.807) is 7.11 Å². The molecule has 4 nitrogen and oxygen atoms in total. The third kappa shape index (κ3) is 4.38. The van der Waals surface area contributed by atoms with Crippen LogP contribution in [0.1, 0.15) is 58.8 Å². The molecule has 0 aromatic heterocycles. The van der Waals surface area contributed by atoms with Crippen LogP contribution in [0, 0.1) is 0 Å². The molecule has 0 bridgehead atoms. The van der Waals surface area contributed by atoms with Crippen LogP contribution in [0.4, 0.5) is 0 Å². The maximum Gasteiger partial charge on any atom is 0.150 e. The molecule has 4 heteroatoms. The number of methoxy groups -OCH3 is 1. The molecule has 0 spiro atoms. The van der Waals surface area contributed by atoms with E-state index >= 15 is 0 Å². The molecule has 1 unspecified atom stereocenters. The van der Waals surface area contributed by atoms with Crippen LogP contribution in [0.15, 0.2) is 66.7 Å². The molecule has 1 aliphatic heterocycles. The van der Waals surface area contributed by atoms with Gasteiger partial charge < -0.3 is 9.47 Å². The van der Waals surface area contributed by atoms with E-state index in [9.17, 15) is 4.79 Å². The summed E-state index contributed by atoms with van der Waals surface area (Å²) >= 11 is 0. The second-order valence-electron chi connectivity index (χ2n) is 9.07. The first kappa shape index (κ1) is 22.4. The topological polar surface area (TPSA) is 38.8 Å². The van der Waals surface area contributed by atoms with Crippen molar-refractivity contribution in [3.63, 3.8) is 0 Å². The van der Waals surface area contributed by atoms with Crippen LogP contribution in [0.5, 0.6) is 11.5 Å². The summed E-state index contributed by atoms with van der Waals surface area (Å²) in [6, 6.07) is 22.6. The zero-order valence-electron chi connectivity index (χ0n) is 19.9. The molecule has 2 aliphatic rings. The Bertz CT molecular complexity index is 1210. The van der Waals surface area contributed by atoms with Crippen molar-refractivity contribution in [3.8, 4) is 11.5 Å². The van der Waals surface area contributed by atoms with Gasteiger partial charge in [0.15, 0.2) is 6.29 Å². The first-order valence-electron chi connectivity index (χ1n) is 12.1. The highest BCUT2D eigenvalue weighted by Crippen LogP contribution is 2.42. The van der Waals surface area contributed by atoms with Gasteiger partial charge in [-0.1, -0.05) is 36.4 Å². The van der Waals surface area contributed by atoms with Crippen LogP contribution in [0.2, 0.25) is 0 Å². The van der Waals surface area contributed by atoms with Crippen LogP contribution in [-0.2, 0) is 6.42 Å². The van der Waals surface area contributed by atoms with Crippen LogP contribution in [-0.4, -0.2) is 37.6 Å². The molecule has 1 heterocycles. The van der Waals surface area contributed by atoms with Gasteiger partial charge in [-0.25, -0.2) is 0 Å². The molecule has 1 fully saturated rings. The monoisotopic (exact) mass is 453 g/mol. The van der Waals surface area contributed by atoms with Crippen LogP contribution in [0.25, 0.3) is 11.1 Å². The number of allylic oxidation sites excluding steroid dienone is 1. The van der Waals surface area contributed by atoms with Crippen molar-refractivity contribution in [2.45, 2.75) is 38.8 Å².